The molecule has 0 saturated heterocycles. The topological polar surface area (TPSA) is 47.0 Å². The third kappa shape index (κ3) is 6.45. The van der Waals surface area contributed by atoms with Crippen molar-refractivity contribution in [1.29, 1.82) is 0 Å². The number of unbranched alkanes of at least 4 members (excludes halogenated alkanes) is 1. The number of hydrogen-bond donors (Lipinski definition) is 1. The minimum atomic E-state index is 0.604. The van der Waals surface area contributed by atoms with Gasteiger partial charge in [0.05, 0.1) is 6.61 Å². The van der Waals surface area contributed by atoms with E-state index in [2.05, 4.69) is 29.4 Å². The van der Waals surface area contributed by atoms with Crippen molar-refractivity contribution < 1.29 is 4.74 Å². The maximum Gasteiger partial charge on any atom is 0.120 e. The zero-order valence-electron chi connectivity index (χ0n) is 12.4. The Kier molecular flexibility index (Phi) is 8.95. The third-order valence-electron chi connectivity index (χ3n) is 3.23. The molecule has 0 bridgehead atoms. The Labute approximate surface area is 121 Å². The normalized spacial score (nSPS) is 12.8. The summed E-state index contributed by atoms with van der Waals surface area (Å²) in [6.07, 6.45) is 5.91. The molecule has 5 heteroatoms. The van der Waals surface area contributed by atoms with Crippen molar-refractivity contribution in [2.24, 2.45) is 0 Å². The van der Waals surface area contributed by atoms with Crippen LogP contribution in [-0.4, -0.2) is 37.0 Å². The molecular formula is C14H27N3OS. The van der Waals surface area contributed by atoms with E-state index in [1.165, 1.54) is 30.7 Å². The number of nitrogens with one attached hydrogen (secondary N) is 1. The lowest BCUT2D eigenvalue weighted by Crippen LogP contribution is -2.21. The van der Waals surface area contributed by atoms with Crippen LogP contribution in [0.25, 0.3) is 0 Å². The number of nitrogens with zero attached hydrogens (tertiary/aromatic N) is 2. The van der Waals surface area contributed by atoms with Crippen molar-refractivity contribution in [2.45, 2.75) is 51.9 Å². The van der Waals surface area contributed by atoms with Gasteiger partial charge >= 0.3 is 0 Å². The van der Waals surface area contributed by atoms with Crippen molar-refractivity contribution >= 4 is 11.3 Å². The Morgan fingerprint density at radius 2 is 2.11 bits per heavy atom. The van der Waals surface area contributed by atoms with Crippen molar-refractivity contribution in [3.05, 3.63) is 10.0 Å². The Balaban J connectivity index is 2.33. The summed E-state index contributed by atoms with van der Waals surface area (Å²) < 4.78 is 4.99. The van der Waals surface area contributed by atoms with Crippen LogP contribution < -0.4 is 5.32 Å². The zero-order chi connectivity index (χ0) is 13.9. The number of rotatable bonds is 11. The molecule has 1 unspecified atom stereocenters. The van der Waals surface area contributed by atoms with Crippen molar-refractivity contribution in [1.82, 2.24) is 15.5 Å². The molecule has 0 spiro atoms. The summed E-state index contributed by atoms with van der Waals surface area (Å²) in [5.74, 6) is 0.604. The quantitative estimate of drug-likeness (QED) is 0.635. The minimum absolute atomic E-state index is 0.604. The lowest BCUT2D eigenvalue weighted by molar-refractivity contribution is 0.199. The molecule has 0 aliphatic carbocycles. The first-order valence-electron chi connectivity index (χ1n) is 7.33. The van der Waals surface area contributed by atoms with Gasteiger partial charge in [0.1, 0.15) is 10.0 Å². The van der Waals surface area contributed by atoms with Crippen LogP contribution in [0.5, 0.6) is 0 Å². The van der Waals surface area contributed by atoms with E-state index in [1.807, 2.05) is 0 Å². The van der Waals surface area contributed by atoms with E-state index in [4.69, 9.17) is 4.74 Å². The molecule has 1 N–H and O–H groups in total. The van der Waals surface area contributed by atoms with Gasteiger partial charge in [0.2, 0.25) is 0 Å². The van der Waals surface area contributed by atoms with E-state index >= 15 is 0 Å². The highest BCUT2D eigenvalue weighted by molar-refractivity contribution is 7.11. The fourth-order valence-electron chi connectivity index (χ4n) is 1.98. The van der Waals surface area contributed by atoms with Crippen LogP contribution in [0.1, 0.15) is 55.5 Å². The molecule has 1 heterocycles. The number of hydrogen-bond acceptors (Lipinski definition) is 5. The molecule has 0 aliphatic rings. The van der Waals surface area contributed by atoms with Gasteiger partial charge in [-0.3, -0.25) is 0 Å². The van der Waals surface area contributed by atoms with Gasteiger partial charge in [0, 0.05) is 32.5 Å². The minimum Gasteiger partial charge on any atom is -0.383 e. The summed E-state index contributed by atoms with van der Waals surface area (Å²) in [5, 5.41) is 14.4. The van der Waals surface area contributed by atoms with Gasteiger partial charge in [-0.2, -0.15) is 0 Å². The molecule has 1 rings (SSSR count). The fourth-order valence-corrected chi connectivity index (χ4v) is 3.04. The second-order valence-corrected chi connectivity index (χ2v) is 5.87. The molecule has 110 valence electrons. The van der Waals surface area contributed by atoms with E-state index in [0.29, 0.717) is 5.92 Å². The molecule has 0 saturated carbocycles. The van der Waals surface area contributed by atoms with E-state index in [9.17, 15) is 0 Å². The first-order chi connectivity index (χ1) is 9.31. The third-order valence-corrected chi connectivity index (χ3v) is 4.37. The Morgan fingerprint density at radius 1 is 1.26 bits per heavy atom. The first-order valence-corrected chi connectivity index (χ1v) is 8.15. The van der Waals surface area contributed by atoms with Gasteiger partial charge in [0.15, 0.2) is 0 Å². The van der Waals surface area contributed by atoms with Crippen molar-refractivity contribution in [2.75, 3.05) is 26.8 Å². The molecule has 0 radical (unpaired) electrons. The first kappa shape index (κ1) is 16.5. The molecule has 1 aromatic rings. The second-order valence-electron chi connectivity index (χ2n) is 4.77. The highest BCUT2D eigenvalue weighted by Crippen LogP contribution is 2.27. The molecule has 1 atom stereocenters. The van der Waals surface area contributed by atoms with Crippen LogP contribution >= 0.6 is 11.3 Å². The fraction of sp³-hybridized carbons (Fsp3) is 0.857. The van der Waals surface area contributed by atoms with E-state index < -0.39 is 0 Å². The highest BCUT2D eigenvalue weighted by Gasteiger charge is 2.14. The monoisotopic (exact) mass is 285 g/mol. The largest absolute Gasteiger partial charge is 0.383 e. The van der Waals surface area contributed by atoms with Gasteiger partial charge in [-0.1, -0.05) is 26.7 Å². The lowest BCUT2D eigenvalue weighted by Gasteiger charge is -2.09. The standard InChI is InChI=1S/C14H27N3OS/c1-4-6-7-12(5-2)14-17-16-13(19-14)8-9-15-10-11-18-3/h12,15H,4-11H2,1-3H3. The molecule has 0 aliphatic heterocycles. The summed E-state index contributed by atoms with van der Waals surface area (Å²) in [5.41, 5.74) is 0. The molecule has 1 aromatic heterocycles. The Bertz CT molecular complexity index is 330. The second kappa shape index (κ2) is 10.3. The summed E-state index contributed by atoms with van der Waals surface area (Å²) in [6.45, 7) is 7.09. The number of methoxy groups -OCH3 is 1. The van der Waals surface area contributed by atoms with E-state index in [-0.39, 0.29) is 0 Å². The van der Waals surface area contributed by atoms with Crippen LogP contribution in [0.4, 0.5) is 0 Å². The summed E-state index contributed by atoms with van der Waals surface area (Å²) in [4.78, 5) is 0. The van der Waals surface area contributed by atoms with Crippen LogP contribution in [0.3, 0.4) is 0 Å². The average molecular weight is 285 g/mol. The molecule has 4 nitrogen and oxygen atoms in total. The maximum atomic E-state index is 4.99. The van der Waals surface area contributed by atoms with Crippen LogP contribution in [0.15, 0.2) is 0 Å². The number of aromatic nitrogens is 2. The molecule has 0 amide bonds. The number of ether oxygens (including phenoxy) is 1. The summed E-state index contributed by atoms with van der Waals surface area (Å²) in [7, 11) is 1.72. The molecule has 0 fully saturated rings. The lowest BCUT2D eigenvalue weighted by atomic mass is 10.0. The Morgan fingerprint density at radius 3 is 2.79 bits per heavy atom. The van der Waals surface area contributed by atoms with Gasteiger partial charge in [0.25, 0.3) is 0 Å². The van der Waals surface area contributed by atoms with Crippen LogP contribution in [0, 0.1) is 0 Å². The van der Waals surface area contributed by atoms with Gasteiger partial charge in [-0.15, -0.1) is 21.5 Å². The highest BCUT2D eigenvalue weighted by atomic mass is 32.1. The van der Waals surface area contributed by atoms with Crippen molar-refractivity contribution in [3.63, 3.8) is 0 Å². The maximum absolute atomic E-state index is 4.99. The van der Waals surface area contributed by atoms with Crippen LogP contribution in [0.2, 0.25) is 0 Å². The van der Waals surface area contributed by atoms with Gasteiger partial charge < -0.3 is 10.1 Å². The van der Waals surface area contributed by atoms with Crippen LogP contribution in [-0.2, 0) is 11.2 Å². The molecule has 0 aromatic carbocycles. The zero-order valence-corrected chi connectivity index (χ0v) is 13.3. The van der Waals surface area contributed by atoms with E-state index in [1.54, 1.807) is 18.4 Å². The smallest absolute Gasteiger partial charge is 0.120 e. The predicted octanol–water partition coefficient (Wildman–Crippen LogP) is 3.00. The summed E-state index contributed by atoms with van der Waals surface area (Å²) in [6, 6.07) is 0. The predicted molar refractivity (Wildman–Crippen MR) is 80.9 cm³/mol. The van der Waals surface area contributed by atoms with Gasteiger partial charge in [-0.05, 0) is 12.8 Å². The van der Waals surface area contributed by atoms with Gasteiger partial charge in [-0.25, -0.2) is 0 Å². The SMILES string of the molecule is CCCCC(CC)c1nnc(CCNCCOC)s1. The van der Waals surface area contributed by atoms with Crippen molar-refractivity contribution in [3.8, 4) is 0 Å². The summed E-state index contributed by atoms with van der Waals surface area (Å²) >= 11 is 1.79. The average Bonchev–Trinajstić information content (AvgIpc) is 2.88. The molecular weight excluding hydrogens is 258 g/mol. The van der Waals surface area contributed by atoms with E-state index in [0.717, 1.165) is 31.1 Å². The Hall–Kier alpha value is -0.520. The molecule has 19 heavy (non-hydrogen) atoms.